The van der Waals surface area contributed by atoms with Gasteiger partial charge in [0.25, 0.3) is 5.56 Å². The van der Waals surface area contributed by atoms with Gasteiger partial charge < -0.3 is 19.0 Å². The highest BCUT2D eigenvalue weighted by Crippen LogP contribution is 2.38. The van der Waals surface area contributed by atoms with Gasteiger partial charge in [-0.25, -0.2) is 0 Å². The Morgan fingerprint density at radius 1 is 1.18 bits per heavy atom. The molecule has 3 aromatic rings. The first-order chi connectivity index (χ1) is 16.0. The average Bonchev–Trinajstić information content (AvgIpc) is 3.15. The number of nitrogens with zero attached hydrogens (tertiary/aromatic N) is 2. The van der Waals surface area contributed by atoms with Crippen molar-refractivity contribution >= 4 is 10.9 Å². The summed E-state index contributed by atoms with van der Waals surface area (Å²) in [6.07, 6.45) is 4.34. The van der Waals surface area contributed by atoms with E-state index in [1.54, 1.807) is 11.7 Å². The Balaban J connectivity index is 1.50. The number of H-pyrrole nitrogens is 1. The third-order valence-electron chi connectivity index (χ3n) is 7.42. The molecule has 0 saturated carbocycles. The second kappa shape index (κ2) is 9.09. The average molecular weight is 450 g/mol. The monoisotopic (exact) mass is 449 g/mol. The molecule has 0 aliphatic carbocycles. The molecular formula is C27H35N3O3. The van der Waals surface area contributed by atoms with Crippen LogP contribution in [0.25, 0.3) is 22.2 Å². The van der Waals surface area contributed by atoms with Crippen LogP contribution >= 0.6 is 0 Å². The van der Waals surface area contributed by atoms with E-state index in [0.29, 0.717) is 30.0 Å². The highest BCUT2D eigenvalue weighted by atomic mass is 16.5. The van der Waals surface area contributed by atoms with E-state index in [1.165, 1.54) is 29.4 Å². The van der Waals surface area contributed by atoms with Crippen LogP contribution in [0.3, 0.4) is 0 Å². The number of aromatic amines is 1. The maximum atomic E-state index is 12.5. The fraction of sp³-hybridized carbons (Fsp3) is 0.519. The fourth-order valence-corrected chi connectivity index (χ4v) is 5.52. The largest absolute Gasteiger partial charge is 0.380 e. The standard InChI is InChI=1S/C27H35N3O3/c1-17(2)25-23-12-19(18-7-9-30(10-8-18)22-15-33-16-22)5-6-24(23)28-26(25)20-11-21(14-32-4)27(31)29(3)13-20/h5-6,11-13,17-18,22,28H,7-10,14-16H2,1-4H3. The first kappa shape index (κ1) is 22.4. The van der Waals surface area contributed by atoms with E-state index in [9.17, 15) is 4.79 Å². The first-order valence-corrected chi connectivity index (χ1v) is 12.1. The molecule has 2 aromatic heterocycles. The lowest BCUT2D eigenvalue weighted by atomic mass is 9.87. The zero-order valence-corrected chi connectivity index (χ0v) is 20.2. The summed E-state index contributed by atoms with van der Waals surface area (Å²) >= 11 is 0. The summed E-state index contributed by atoms with van der Waals surface area (Å²) in [5, 5.41) is 1.30. The van der Waals surface area contributed by atoms with Crippen molar-refractivity contribution in [3.8, 4) is 11.3 Å². The molecule has 33 heavy (non-hydrogen) atoms. The molecule has 0 atom stereocenters. The molecule has 0 amide bonds. The van der Waals surface area contributed by atoms with Crippen molar-refractivity contribution in [1.82, 2.24) is 14.5 Å². The number of benzene rings is 1. The van der Waals surface area contributed by atoms with E-state index in [0.717, 1.165) is 43.1 Å². The Hall–Kier alpha value is -2.41. The molecule has 2 fully saturated rings. The van der Waals surface area contributed by atoms with Gasteiger partial charge in [0.15, 0.2) is 0 Å². The molecule has 4 heterocycles. The number of aryl methyl sites for hydroxylation is 1. The van der Waals surface area contributed by atoms with Crippen molar-refractivity contribution in [2.75, 3.05) is 33.4 Å². The van der Waals surface area contributed by atoms with Crippen LogP contribution in [0.1, 0.15) is 55.2 Å². The van der Waals surface area contributed by atoms with Crippen molar-refractivity contribution in [2.24, 2.45) is 7.05 Å². The maximum Gasteiger partial charge on any atom is 0.255 e. The maximum absolute atomic E-state index is 12.5. The summed E-state index contributed by atoms with van der Waals surface area (Å²) in [4.78, 5) is 18.8. The quantitative estimate of drug-likeness (QED) is 0.607. The number of rotatable bonds is 6. The van der Waals surface area contributed by atoms with Gasteiger partial charge in [0, 0.05) is 42.4 Å². The molecule has 0 spiro atoms. The van der Waals surface area contributed by atoms with E-state index in [1.807, 2.05) is 19.3 Å². The van der Waals surface area contributed by atoms with E-state index < -0.39 is 0 Å². The molecular weight excluding hydrogens is 414 g/mol. The summed E-state index contributed by atoms with van der Waals surface area (Å²) in [6.45, 7) is 8.92. The van der Waals surface area contributed by atoms with Crippen LogP contribution in [0, 0.1) is 0 Å². The highest BCUT2D eigenvalue weighted by Gasteiger charge is 2.30. The molecule has 176 valence electrons. The molecule has 5 rings (SSSR count). The molecule has 0 unspecified atom stereocenters. The fourth-order valence-electron chi connectivity index (χ4n) is 5.52. The number of piperidine rings is 1. The minimum atomic E-state index is -0.00935. The third kappa shape index (κ3) is 4.16. The predicted molar refractivity (Wildman–Crippen MR) is 132 cm³/mol. The van der Waals surface area contributed by atoms with Crippen molar-refractivity contribution in [3.05, 3.63) is 57.5 Å². The predicted octanol–water partition coefficient (Wildman–Crippen LogP) is 4.38. The van der Waals surface area contributed by atoms with Crippen molar-refractivity contribution in [3.63, 3.8) is 0 Å². The van der Waals surface area contributed by atoms with Crippen LogP contribution in [-0.2, 0) is 23.1 Å². The number of ether oxygens (including phenoxy) is 2. The Labute approximate surface area is 195 Å². The smallest absolute Gasteiger partial charge is 0.255 e. The van der Waals surface area contributed by atoms with Crippen molar-refractivity contribution < 1.29 is 9.47 Å². The molecule has 1 aromatic carbocycles. The normalized spacial score (nSPS) is 18.3. The summed E-state index contributed by atoms with van der Waals surface area (Å²) in [5.41, 5.74) is 6.72. The number of nitrogens with one attached hydrogen (secondary N) is 1. The zero-order valence-electron chi connectivity index (χ0n) is 20.2. The van der Waals surface area contributed by atoms with Crippen LogP contribution in [0.2, 0.25) is 0 Å². The Bertz CT molecular complexity index is 1200. The van der Waals surface area contributed by atoms with E-state index >= 15 is 0 Å². The topological polar surface area (TPSA) is 59.5 Å². The molecule has 0 bridgehead atoms. The number of aromatic nitrogens is 2. The van der Waals surface area contributed by atoms with Gasteiger partial charge in [-0.2, -0.15) is 0 Å². The lowest BCUT2D eigenvalue weighted by Gasteiger charge is -2.41. The minimum Gasteiger partial charge on any atom is -0.380 e. The number of pyridine rings is 1. The van der Waals surface area contributed by atoms with E-state index in [-0.39, 0.29) is 5.56 Å². The summed E-state index contributed by atoms with van der Waals surface area (Å²) in [5.74, 6) is 0.962. The zero-order chi connectivity index (χ0) is 23.1. The van der Waals surface area contributed by atoms with Gasteiger partial charge in [0.1, 0.15) is 0 Å². The number of likely N-dealkylation sites (tertiary alicyclic amines) is 1. The molecule has 0 radical (unpaired) electrons. The van der Waals surface area contributed by atoms with Gasteiger partial charge in [-0.1, -0.05) is 19.9 Å². The first-order valence-electron chi connectivity index (χ1n) is 12.1. The molecule has 1 N–H and O–H groups in total. The van der Waals surface area contributed by atoms with Gasteiger partial charge in [-0.15, -0.1) is 0 Å². The molecule has 2 aliphatic rings. The van der Waals surface area contributed by atoms with Gasteiger partial charge in [0.2, 0.25) is 0 Å². The van der Waals surface area contributed by atoms with Crippen molar-refractivity contribution in [2.45, 2.75) is 51.2 Å². The second-order valence-electron chi connectivity index (χ2n) is 9.98. The van der Waals surface area contributed by atoms with Crippen LogP contribution in [0.5, 0.6) is 0 Å². The Morgan fingerprint density at radius 2 is 1.94 bits per heavy atom. The lowest BCUT2D eigenvalue weighted by Crippen LogP contribution is -2.51. The second-order valence-corrected chi connectivity index (χ2v) is 9.98. The van der Waals surface area contributed by atoms with Gasteiger partial charge in [0.05, 0.1) is 31.6 Å². The molecule has 6 nitrogen and oxygen atoms in total. The number of methoxy groups -OCH3 is 1. The summed E-state index contributed by atoms with van der Waals surface area (Å²) < 4.78 is 12.3. The van der Waals surface area contributed by atoms with Gasteiger partial charge in [-0.05, 0) is 67.1 Å². The number of fused-ring (bicyclic) bond motifs is 1. The van der Waals surface area contributed by atoms with E-state index in [4.69, 9.17) is 9.47 Å². The lowest BCUT2D eigenvalue weighted by molar-refractivity contribution is -0.0712. The van der Waals surface area contributed by atoms with Crippen LogP contribution < -0.4 is 5.56 Å². The Kier molecular flexibility index (Phi) is 6.16. The molecule has 2 saturated heterocycles. The van der Waals surface area contributed by atoms with E-state index in [2.05, 4.69) is 41.9 Å². The number of hydrogen-bond donors (Lipinski definition) is 1. The Morgan fingerprint density at radius 3 is 2.58 bits per heavy atom. The van der Waals surface area contributed by atoms with Crippen LogP contribution in [0.15, 0.2) is 35.3 Å². The van der Waals surface area contributed by atoms with Crippen LogP contribution in [-0.4, -0.2) is 53.9 Å². The third-order valence-corrected chi connectivity index (χ3v) is 7.42. The van der Waals surface area contributed by atoms with Crippen molar-refractivity contribution in [1.29, 1.82) is 0 Å². The minimum absolute atomic E-state index is 0.00935. The summed E-state index contributed by atoms with van der Waals surface area (Å²) in [7, 11) is 3.43. The summed E-state index contributed by atoms with van der Waals surface area (Å²) in [6, 6.07) is 9.57. The molecule has 2 aliphatic heterocycles. The molecule has 6 heteroatoms. The highest BCUT2D eigenvalue weighted by molar-refractivity contribution is 5.92. The SMILES string of the molecule is COCc1cc(-c2[nH]c3ccc(C4CCN(C5COC5)CC4)cc3c2C(C)C)cn(C)c1=O. The van der Waals surface area contributed by atoms with Gasteiger partial charge >= 0.3 is 0 Å². The van der Waals surface area contributed by atoms with Crippen LogP contribution in [0.4, 0.5) is 0 Å². The number of hydrogen-bond acceptors (Lipinski definition) is 4. The van der Waals surface area contributed by atoms with Gasteiger partial charge in [-0.3, -0.25) is 9.69 Å².